The van der Waals surface area contributed by atoms with Crippen LogP contribution in [0.1, 0.15) is 31.3 Å². The number of alkyl halides is 3. The van der Waals surface area contributed by atoms with Gasteiger partial charge in [0.15, 0.2) is 0 Å². The second-order valence-corrected chi connectivity index (χ2v) is 3.99. The van der Waals surface area contributed by atoms with Crippen LogP contribution in [0.15, 0.2) is 6.07 Å². The van der Waals surface area contributed by atoms with E-state index in [1.165, 1.54) is 0 Å². The molecule has 0 fully saturated rings. The third-order valence-corrected chi connectivity index (χ3v) is 2.01. The molecule has 6 heteroatoms. The van der Waals surface area contributed by atoms with Gasteiger partial charge in [-0.05, 0) is 12.0 Å². The Balaban J connectivity index is 3.05. The van der Waals surface area contributed by atoms with Crippen LogP contribution in [0.5, 0.6) is 0 Å². The Kier molecular flexibility index (Phi) is 3.49. The Labute approximate surface area is 90.6 Å². The largest absolute Gasteiger partial charge is 0.396 e. The number of hydrogen-bond acceptors (Lipinski definition) is 2. The minimum Gasteiger partial charge on any atom is -0.347 e. The van der Waals surface area contributed by atoms with Crippen LogP contribution in [0.25, 0.3) is 0 Å². The summed E-state index contributed by atoms with van der Waals surface area (Å²) in [6, 6.07) is 1.58. The van der Waals surface area contributed by atoms with Crippen LogP contribution in [-0.4, -0.2) is 16.1 Å². The summed E-state index contributed by atoms with van der Waals surface area (Å²) in [6.45, 7) is 3.75. The van der Waals surface area contributed by atoms with Crippen molar-refractivity contribution in [3.8, 4) is 0 Å². The van der Waals surface area contributed by atoms with Gasteiger partial charge in [-0.15, -0.1) is 0 Å². The molecule has 0 aliphatic heterocycles. The quantitative estimate of drug-likeness (QED) is 0.797. The summed E-state index contributed by atoms with van der Waals surface area (Å²) in [5.74, 6) is -0.0274. The van der Waals surface area contributed by atoms with Crippen molar-refractivity contribution in [2.75, 3.05) is 0 Å². The van der Waals surface area contributed by atoms with Crippen molar-refractivity contribution in [2.45, 2.75) is 32.4 Å². The fraction of sp³-hybridized carbons (Fsp3) is 0.556. The van der Waals surface area contributed by atoms with E-state index in [4.69, 9.17) is 12.2 Å². The van der Waals surface area contributed by atoms with Gasteiger partial charge in [-0.2, -0.15) is 13.2 Å². The first-order chi connectivity index (χ1) is 6.78. The van der Waals surface area contributed by atoms with Gasteiger partial charge in [-0.1, -0.05) is 26.1 Å². The van der Waals surface area contributed by atoms with Crippen LogP contribution in [0, 0.1) is 4.64 Å². The third kappa shape index (κ3) is 3.99. The van der Waals surface area contributed by atoms with E-state index in [0.29, 0.717) is 5.69 Å². The fourth-order valence-electron chi connectivity index (χ4n) is 1.11. The summed E-state index contributed by atoms with van der Waals surface area (Å²) in [4.78, 5) is 6.28. The van der Waals surface area contributed by atoms with E-state index in [1.807, 2.05) is 13.8 Å². The second-order valence-electron chi connectivity index (χ2n) is 3.57. The Morgan fingerprint density at radius 3 is 2.53 bits per heavy atom. The van der Waals surface area contributed by atoms with E-state index in [1.54, 1.807) is 6.07 Å². The SMILES string of the molecule is CC(C)c1cc(=S)nc(CC(F)(F)F)[nH]1. The maximum absolute atomic E-state index is 12.1. The molecule has 0 spiro atoms. The number of hydrogen-bond donors (Lipinski definition) is 1. The molecule has 1 heterocycles. The van der Waals surface area contributed by atoms with Crippen molar-refractivity contribution >= 4 is 12.2 Å². The minimum atomic E-state index is -4.26. The van der Waals surface area contributed by atoms with E-state index < -0.39 is 12.6 Å². The minimum absolute atomic E-state index is 0.0988. The maximum atomic E-state index is 12.1. The monoisotopic (exact) mass is 236 g/mol. The van der Waals surface area contributed by atoms with Gasteiger partial charge in [0.2, 0.25) is 0 Å². The van der Waals surface area contributed by atoms with Gasteiger partial charge >= 0.3 is 6.18 Å². The number of halogens is 3. The first-order valence-electron chi connectivity index (χ1n) is 4.45. The number of H-pyrrole nitrogens is 1. The van der Waals surface area contributed by atoms with Crippen molar-refractivity contribution in [3.63, 3.8) is 0 Å². The zero-order valence-electron chi connectivity index (χ0n) is 8.35. The van der Waals surface area contributed by atoms with Gasteiger partial charge in [-0.25, -0.2) is 4.98 Å². The van der Waals surface area contributed by atoms with E-state index >= 15 is 0 Å². The average Bonchev–Trinajstić information content (AvgIpc) is 1.99. The standard InChI is InChI=1S/C9H11F3N2S/c1-5(2)6-3-8(15)14-7(13-6)4-9(10,11)12/h3,5H,4H2,1-2H3,(H,13,14,15). The highest BCUT2D eigenvalue weighted by atomic mass is 32.1. The molecule has 2 nitrogen and oxygen atoms in total. The number of aromatic amines is 1. The van der Waals surface area contributed by atoms with E-state index in [2.05, 4.69) is 9.97 Å². The molecule has 0 aliphatic carbocycles. The molecule has 0 amide bonds. The zero-order chi connectivity index (χ0) is 11.6. The molecule has 1 N–H and O–H groups in total. The van der Waals surface area contributed by atoms with Crippen molar-refractivity contribution in [1.82, 2.24) is 9.97 Å². The van der Waals surface area contributed by atoms with Crippen molar-refractivity contribution in [3.05, 3.63) is 22.2 Å². The lowest BCUT2D eigenvalue weighted by Crippen LogP contribution is -2.15. The van der Waals surface area contributed by atoms with E-state index in [-0.39, 0.29) is 16.4 Å². The van der Waals surface area contributed by atoms with E-state index in [0.717, 1.165) is 0 Å². The third-order valence-electron chi connectivity index (χ3n) is 1.80. The Morgan fingerprint density at radius 2 is 2.07 bits per heavy atom. The van der Waals surface area contributed by atoms with Crippen LogP contribution in [0.3, 0.4) is 0 Å². The summed E-state index contributed by atoms with van der Waals surface area (Å²) in [5, 5.41) is 0. The topological polar surface area (TPSA) is 28.7 Å². The van der Waals surface area contributed by atoms with Gasteiger partial charge < -0.3 is 4.98 Å². The van der Waals surface area contributed by atoms with Gasteiger partial charge in [0, 0.05) is 5.69 Å². The Bertz CT molecular complexity index is 395. The van der Waals surface area contributed by atoms with Crippen LogP contribution in [-0.2, 0) is 6.42 Å². The Hall–Kier alpha value is -0.910. The number of aromatic nitrogens is 2. The lowest BCUT2D eigenvalue weighted by molar-refractivity contribution is -0.128. The molecule has 0 radical (unpaired) electrons. The molecular weight excluding hydrogens is 225 g/mol. The molecule has 0 bridgehead atoms. The second kappa shape index (κ2) is 4.30. The summed E-state index contributed by atoms with van der Waals surface area (Å²) in [5.41, 5.74) is 0.675. The zero-order valence-corrected chi connectivity index (χ0v) is 9.17. The van der Waals surface area contributed by atoms with Gasteiger partial charge in [-0.3, -0.25) is 0 Å². The smallest absolute Gasteiger partial charge is 0.347 e. The number of nitrogens with one attached hydrogen (secondary N) is 1. The molecule has 0 aliphatic rings. The Morgan fingerprint density at radius 1 is 1.47 bits per heavy atom. The van der Waals surface area contributed by atoms with Crippen LogP contribution < -0.4 is 0 Å². The van der Waals surface area contributed by atoms with Gasteiger partial charge in [0.25, 0.3) is 0 Å². The highest BCUT2D eigenvalue weighted by molar-refractivity contribution is 7.71. The molecule has 1 aromatic heterocycles. The molecule has 1 rings (SSSR count). The molecule has 1 aromatic rings. The normalized spacial score (nSPS) is 12.1. The van der Waals surface area contributed by atoms with E-state index in [9.17, 15) is 13.2 Å². The van der Waals surface area contributed by atoms with Crippen LogP contribution >= 0.6 is 12.2 Å². The summed E-state index contributed by atoms with van der Waals surface area (Å²) < 4.78 is 36.5. The van der Waals surface area contributed by atoms with Crippen molar-refractivity contribution in [1.29, 1.82) is 0 Å². The van der Waals surface area contributed by atoms with Gasteiger partial charge in [0.05, 0.1) is 0 Å². The molecule has 15 heavy (non-hydrogen) atoms. The van der Waals surface area contributed by atoms with Crippen LogP contribution in [0.4, 0.5) is 13.2 Å². The number of nitrogens with zero attached hydrogens (tertiary/aromatic N) is 1. The molecule has 84 valence electrons. The first kappa shape index (κ1) is 12.2. The molecule has 0 saturated heterocycles. The first-order valence-corrected chi connectivity index (χ1v) is 4.85. The van der Waals surface area contributed by atoms with Crippen LogP contribution in [0.2, 0.25) is 0 Å². The summed E-state index contributed by atoms with van der Waals surface area (Å²) >= 11 is 4.80. The molecule has 0 aromatic carbocycles. The van der Waals surface area contributed by atoms with Crippen molar-refractivity contribution in [2.24, 2.45) is 0 Å². The summed E-state index contributed by atoms with van der Waals surface area (Å²) in [6.07, 6.45) is -5.34. The lowest BCUT2D eigenvalue weighted by Gasteiger charge is -2.10. The predicted octanol–water partition coefficient (Wildman–Crippen LogP) is 3.37. The average molecular weight is 236 g/mol. The molecule has 0 saturated carbocycles. The highest BCUT2D eigenvalue weighted by Gasteiger charge is 2.29. The lowest BCUT2D eigenvalue weighted by atomic mass is 10.1. The highest BCUT2D eigenvalue weighted by Crippen LogP contribution is 2.20. The fourth-order valence-corrected chi connectivity index (χ4v) is 1.35. The van der Waals surface area contributed by atoms with Crippen molar-refractivity contribution < 1.29 is 13.2 Å². The number of rotatable bonds is 2. The molecule has 0 atom stereocenters. The molecule has 0 unspecified atom stereocenters. The maximum Gasteiger partial charge on any atom is 0.396 e. The summed E-state index contributed by atoms with van der Waals surface area (Å²) in [7, 11) is 0. The van der Waals surface area contributed by atoms with Gasteiger partial charge in [0.1, 0.15) is 16.9 Å². The molecular formula is C9H11F3N2S. The predicted molar refractivity (Wildman–Crippen MR) is 53.3 cm³/mol.